The molecule has 3 aromatic rings. The van der Waals surface area contributed by atoms with Gasteiger partial charge in [0.15, 0.2) is 0 Å². The fourth-order valence-corrected chi connectivity index (χ4v) is 2.43. The van der Waals surface area contributed by atoms with Gasteiger partial charge in [-0.05, 0) is 40.1 Å². The van der Waals surface area contributed by atoms with Crippen LogP contribution in [0.2, 0.25) is 0 Å². The number of carbonyl (C=O) groups is 1. The first-order valence-corrected chi connectivity index (χ1v) is 7.47. The largest absolute Gasteiger partial charge is 0.421 e. The van der Waals surface area contributed by atoms with Crippen LogP contribution in [0.3, 0.4) is 0 Å². The Morgan fingerprint density at radius 2 is 1.96 bits per heavy atom. The lowest BCUT2D eigenvalue weighted by Gasteiger charge is -2.18. The van der Waals surface area contributed by atoms with Gasteiger partial charge in [-0.15, -0.1) is 0 Å². The number of hydrogen-bond acceptors (Lipinski definition) is 5. The van der Waals surface area contributed by atoms with E-state index in [0.717, 1.165) is 22.4 Å². The molecule has 3 rings (SSSR count). The summed E-state index contributed by atoms with van der Waals surface area (Å²) in [5.74, 6) is -0.509. The second-order valence-electron chi connectivity index (χ2n) is 5.69. The maximum atomic E-state index is 12.8. The molecule has 0 unspecified atom stereocenters. The highest BCUT2D eigenvalue weighted by Crippen LogP contribution is 2.26. The van der Waals surface area contributed by atoms with Crippen molar-refractivity contribution in [2.24, 2.45) is 0 Å². The normalized spacial score (nSPS) is 11.7. The van der Waals surface area contributed by atoms with Gasteiger partial charge < -0.3 is 9.47 Å². The third-order valence-electron chi connectivity index (χ3n) is 3.79. The zero-order valence-corrected chi connectivity index (χ0v) is 13.5. The molecule has 0 radical (unpaired) electrons. The number of amides is 1. The van der Waals surface area contributed by atoms with E-state index in [1.54, 1.807) is 18.2 Å². The van der Waals surface area contributed by atoms with Crippen LogP contribution in [0, 0.1) is 0 Å². The van der Waals surface area contributed by atoms with Crippen LogP contribution in [0.5, 0.6) is 0 Å². The number of halogens is 3. The third-order valence-corrected chi connectivity index (χ3v) is 3.79. The van der Waals surface area contributed by atoms with Crippen molar-refractivity contribution in [1.82, 2.24) is 19.8 Å². The van der Waals surface area contributed by atoms with Crippen LogP contribution < -0.4 is 5.56 Å². The van der Waals surface area contributed by atoms with Gasteiger partial charge in [0.1, 0.15) is 23.1 Å². The fourth-order valence-electron chi connectivity index (χ4n) is 2.43. The van der Waals surface area contributed by atoms with Crippen LogP contribution in [-0.4, -0.2) is 32.7 Å². The highest BCUT2D eigenvalue weighted by Gasteiger charge is 2.34. The molecule has 1 amide bonds. The quantitative estimate of drug-likeness (QED) is 0.706. The van der Waals surface area contributed by atoms with Crippen molar-refractivity contribution in [3.63, 3.8) is 0 Å². The highest BCUT2D eigenvalue weighted by atomic mass is 19.4. The van der Waals surface area contributed by atoms with Crippen LogP contribution in [0.25, 0.3) is 11.0 Å². The Labute approximate surface area is 144 Å². The molecular formula is C16H13F3N4O3. The summed E-state index contributed by atoms with van der Waals surface area (Å²) in [6.45, 7) is -0.303. The molecule has 0 aliphatic rings. The van der Waals surface area contributed by atoms with Crippen molar-refractivity contribution in [2.45, 2.75) is 19.3 Å². The summed E-state index contributed by atoms with van der Waals surface area (Å²) in [6, 6.07) is 6.87. The summed E-state index contributed by atoms with van der Waals surface area (Å²) in [7, 11) is 1.49. The molecule has 2 heterocycles. The lowest BCUT2D eigenvalue weighted by molar-refractivity contribution is -0.139. The zero-order valence-electron chi connectivity index (χ0n) is 13.5. The summed E-state index contributed by atoms with van der Waals surface area (Å²) in [5, 5.41) is 7.37. The summed E-state index contributed by atoms with van der Waals surface area (Å²) >= 11 is 0. The molecule has 0 saturated carbocycles. The number of carbonyl (C=O) groups excluding carboxylic acids is 1. The van der Waals surface area contributed by atoms with Crippen molar-refractivity contribution in [2.75, 3.05) is 7.05 Å². The van der Waals surface area contributed by atoms with Crippen LogP contribution in [0.15, 0.2) is 46.0 Å². The van der Waals surface area contributed by atoms with Crippen molar-refractivity contribution in [3.05, 3.63) is 58.0 Å². The Balaban J connectivity index is 1.74. The van der Waals surface area contributed by atoms with E-state index in [2.05, 4.69) is 14.9 Å². The Bertz CT molecular complexity index is 1010. The Morgan fingerprint density at radius 1 is 1.23 bits per heavy atom. The maximum absolute atomic E-state index is 12.8. The summed E-state index contributed by atoms with van der Waals surface area (Å²) in [5.41, 5.74) is -0.729. The molecular weight excluding hydrogens is 353 g/mol. The van der Waals surface area contributed by atoms with Crippen LogP contribution in [0.1, 0.15) is 11.1 Å². The van der Waals surface area contributed by atoms with E-state index < -0.39 is 29.8 Å². The van der Waals surface area contributed by atoms with E-state index in [-0.39, 0.29) is 6.54 Å². The van der Waals surface area contributed by atoms with Crippen LogP contribution in [0.4, 0.5) is 13.2 Å². The molecule has 0 aliphatic heterocycles. The predicted octanol–water partition coefficient (Wildman–Crippen LogP) is 2.06. The summed E-state index contributed by atoms with van der Waals surface area (Å²) in [6.07, 6.45) is -3.62. The number of benzene rings is 1. The molecule has 0 fully saturated rings. The van der Waals surface area contributed by atoms with Crippen LogP contribution >= 0.6 is 0 Å². The number of hydrogen-bond donors (Lipinski definition) is 0. The van der Waals surface area contributed by atoms with Gasteiger partial charge in [-0.2, -0.15) is 13.2 Å². The van der Waals surface area contributed by atoms with Gasteiger partial charge in [0, 0.05) is 19.8 Å². The molecule has 2 aromatic heterocycles. The van der Waals surface area contributed by atoms with Gasteiger partial charge in [-0.1, -0.05) is 6.07 Å². The van der Waals surface area contributed by atoms with Gasteiger partial charge in [0.2, 0.25) is 5.91 Å². The number of alkyl halides is 3. The molecule has 0 bridgehead atoms. The minimum absolute atomic E-state index is 0.190. The number of fused-ring (bicyclic) bond motifs is 1. The predicted molar refractivity (Wildman–Crippen MR) is 84.0 cm³/mol. The average Bonchev–Trinajstić information content (AvgIpc) is 3.03. The number of rotatable bonds is 4. The van der Waals surface area contributed by atoms with Crippen molar-refractivity contribution >= 4 is 16.9 Å². The third kappa shape index (κ3) is 3.58. The monoisotopic (exact) mass is 366 g/mol. The molecule has 7 nitrogen and oxygen atoms in total. The lowest BCUT2D eigenvalue weighted by atomic mass is 10.2. The standard InChI is InChI=1S/C16H13F3N4O3/c1-22(8-10-4-5-12-13(7-10)21-26-20-12)14(24)9-23-6-2-3-11(15(23)25)16(17,18)19/h2-7H,8-9H2,1H3. The van der Waals surface area contributed by atoms with Gasteiger partial charge in [-0.3, -0.25) is 9.59 Å². The van der Waals surface area contributed by atoms with E-state index in [9.17, 15) is 22.8 Å². The topological polar surface area (TPSA) is 81.2 Å². The van der Waals surface area contributed by atoms with Crippen molar-refractivity contribution < 1.29 is 22.6 Å². The Morgan fingerprint density at radius 3 is 2.69 bits per heavy atom. The number of aromatic nitrogens is 3. The second-order valence-corrected chi connectivity index (χ2v) is 5.69. The minimum Gasteiger partial charge on any atom is -0.340 e. The molecule has 0 N–H and O–H groups in total. The number of pyridine rings is 1. The molecule has 1 aromatic carbocycles. The molecule has 0 atom stereocenters. The van der Waals surface area contributed by atoms with Crippen LogP contribution in [-0.2, 0) is 24.1 Å². The Hall–Kier alpha value is -3.17. The number of likely N-dealkylation sites (N-methyl/N-ethyl adjacent to an activating group) is 1. The van der Waals surface area contributed by atoms with Crippen molar-refractivity contribution in [1.29, 1.82) is 0 Å². The zero-order chi connectivity index (χ0) is 18.9. The van der Waals surface area contributed by atoms with Gasteiger partial charge in [0.25, 0.3) is 5.56 Å². The van der Waals surface area contributed by atoms with Gasteiger partial charge in [-0.25, -0.2) is 4.63 Å². The molecule has 0 saturated heterocycles. The first-order chi connectivity index (χ1) is 12.3. The van der Waals surface area contributed by atoms with E-state index in [0.29, 0.717) is 17.1 Å². The summed E-state index contributed by atoms with van der Waals surface area (Å²) in [4.78, 5) is 25.5. The first-order valence-electron chi connectivity index (χ1n) is 7.47. The number of nitrogens with zero attached hydrogens (tertiary/aromatic N) is 4. The Kier molecular flexibility index (Phi) is 4.49. The van der Waals surface area contributed by atoms with Crippen molar-refractivity contribution in [3.8, 4) is 0 Å². The van der Waals surface area contributed by atoms with E-state index >= 15 is 0 Å². The molecule has 0 aliphatic carbocycles. The lowest BCUT2D eigenvalue weighted by Crippen LogP contribution is -2.35. The summed E-state index contributed by atoms with van der Waals surface area (Å²) < 4.78 is 43.7. The molecule has 0 spiro atoms. The van der Waals surface area contributed by atoms with E-state index in [1.807, 2.05) is 0 Å². The minimum atomic E-state index is -4.77. The molecule has 26 heavy (non-hydrogen) atoms. The highest BCUT2D eigenvalue weighted by molar-refractivity contribution is 5.76. The molecule has 10 heteroatoms. The van der Waals surface area contributed by atoms with E-state index in [1.165, 1.54) is 11.9 Å². The van der Waals surface area contributed by atoms with E-state index in [4.69, 9.17) is 0 Å². The average molecular weight is 366 g/mol. The second kappa shape index (κ2) is 6.62. The smallest absolute Gasteiger partial charge is 0.340 e. The van der Waals surface area contributed by atoms with Gasteiger partial charge in [0.05, 0.1) is 0 Å². The first kappa shape index (κ1) is 17.6. The maximum Gasteiger partial charge on any atom is 0.421 e. The fraction of sp³-hybridized carbons (Fsp3) is 0.250. The molecule has 136 valence electrons. The SMILES string of the molecule is CN(Cc1ccc2nonc2c1)C(=O)Cn1cccc(C(F)(F)F)c1=O. The van der Waals surface area contributed by atoms with Gasteiger partial charge >= 0.3 is 6.18 Å².